The zero-order valence-electron chi connectivity index (χ0n) is 15.8. The first-order valence-corrected chi connectivity index (χ1v) is 8.91. The molecule has 1 amide bonds. The van der Waals surface area contributed by atoms with E-state index in [9.17, 15) is 9.59 Å². The standard InChI is InChI=1S/C21H24N2O4/c1-15-8-10-16(11-9-15)27-14-19(24)26-13-12-23-18-7-5-4-6-17(18)22-21(2,3)20(23)25/h4-11,22H,12-14H2,1-3H3. The van der Waals surface area contributed by atoms with Crippen molar-refractivity contribution in [1.82, 2.24) is 0 Å². The minimum absolute atomic E-state index is 0.0619. The third-order valence-corrected chi connectivity index (χ3v) is 4.38. The highest BCUT2D eigenvalue weighted by Gasteiger charge is 2.38. The Bertz CT molecular complexity index is 830. The van der Waals surface area contributed by atoms with Gasteiger partial charge >= 0.3 is 5.97 Å². The van der Waals surface area contributed by atoms with Crippen LogP contribution in [0.25, 0.3) is 0 Å². The van der Waals surface area contributed by atoms with Crippen molar-refractivity contribution in [3.8, 4) is 5.75 Å². The maximum absolute atomic E-state index is 12.7. The number of carbonyl (C=O) groups excluding carboxylic acids is 2. The predicted molar refractivity (Wildman–Crippen MR) is 104 cm³/mol. The fraction of sp³-hybridized carbons (Fsp3) is 0.333. The zero-order chi connectivity index (χ0) is 19.4. The second kappa shape index (κ2) is 7.70. The summed E-state index contributed by atoms with van der Waals surface area (Å²) >= 11 is 0. The van der Waals surface area contributed by atoms with E-state index in [2.05, 4.69) is 5.32 Å². The van der Waals surface area contributed by atoms with E-state index in [0.717, 1.165) is 16.9 Å². The first-order valence-electron chi connectivity index (χ1n) is 8.91. The minimum atomic E-state index is -0.715. The number of hydrogen-bond acceptors (Lipinski definition) is 5. The lowest BCUT2D eigenvalue weighted by Gasteiger charge is -2.39. The number of esters is 1. The molecule has 6 nitrogen and oxygen atoms in total. The molecule has 1 aliphatic heterocycles. The molecule has 0 aromatic heterocycles. The van der Waals surface area contributed by atoms with Crippen LogP contribution in [0.15, 0.2) is 48.5 Å². The average molecular weight is 368 g/mol. The fourth-order valence-corrected chi connectivity index (χ4v) is 2.94. The van der Waals surface area contributed by atoms with Gasteiger partial charge in [-0.1, -0.05) is 29.8 Å². The van der Waals surface area contributed by atoms with Crippen molar-refractivity contribution >= 4 is 23.3 Å². The van der Waals surface area contributed by atoms with Gasteiger partial charge in [0.05, 0.1) is 17.9 Å². The van der Waals surface area contributed by atoms with Crippen molar-refractivity contribution in [2.45, 2.75) is 26.3 Å². The summed E-state index contributed by atoms with van der Waals surface area (Å²) in [5.74, 6) is 0.0874. The van der Waals surface area contributed by atoms with Gasteiger partial charge in [0.25, 0.3) is 5.91 Å². The van der Waals surface area contributed by atoms with Crippen molar-refractivity contribution in [1.29, 1.82) is 0 Å². The van der Waals surface area contributed by atoms with Gasteiger partial charge in [-0.05, 0) is 45.0 Å². The molecule has 0 spiro atoms. The Morgan fingerprint density at radius 1 is 1.11 bits per heavy atom. The van der Waals surface area contributed by atoms with E-state index in [4.69, 9.17) is 9.47 Å². The maximum atomic E-state index is 12.7. The second-order valence-electron chi connectivity index (χ2n) is 7.05. The monoisotopic (exact) mass is 368 g/mol. The van der Waals surface area contributed by atoms with Gasteiger partial charge in [-0.2, -0.15) is 0 Å². The number of hydrogen-bond donors (Lipinski definition) is 1. The number of anilines is 2. The van der Waals surface area contributed by atoms with E-state index in [1.807, 2.05) is 57.2 Å². The Hall–Kier alpha value is -3.02. The molecule has 0 saturated heterocycles. The van der Waals surface area contributed by atoms with Crippen LogP contribution < -0.4 is 15.0 Å². The average Bonchev–Trinajstić information content (AvgIpc) is 2.64. The molecule has 0 fully saturated rings. The molecule has 0 saturated carbocycles. The predicted octanol–water partition coefficient (Wildman–Crippen LogP) is 3.15. The van der Waals surface area contributed by atoms with Crippen LogP contribution in [0.2, 0.25) is 0 Å². The summed E-state index contributed by atoms with van der Waals surface area (Å²) in [6.45, 7) is 5.87. The highest BCUT2D eigenvalue weighted by atomic mass is 16.6. The molecule has 27 heavy (non-hydrogen) atoms. The fourth-order valence-electron chi connectivity index (χ4n) is 2.94. The number of rotatable bonds is 6. The smallest absolute Gasteiger partial charge is 0.344 e. The first kappa shape index (κ1) is 18.8. The van der Waals surface area contributed by atoms with E-state index < -0.39 is 11.5 Å². The van der Waals surface area contributed by atoms with E-state index >= 15 is 0 Å². The number of nitrogens with zero attached hydrogens (tertiary/aromatic N) is 1. The topological polar surface area (TPSA) is 67.9 Å². The Balaban J connectivity index is 1.54. The molecule has 0 unspecified atom stereocenters. The van der Waals surface area contributed by atoms with Gasteiger partial charge in [-0.15, -0.1) is 0 Å². The van der Waals surface area contributed by atoms with Crippen LogP contribution in [0.3, 0.4) is 0 Å². The van der Waals surface area contributed by atoms with Gasteiger partial charge < -0.3 is 19.7 Å². The Morgan fingerprint density at radius 3 is 2.56 bits per heavy atom. The summed E-state index contributed by atoms with van der Waals surface area (Å²) < 4.78 is 10.7. The lowest BCUT2D eigenvalue weighted by molar-refractivity contribution is -0.146. The van der Waals surface area contributed by atoms with E-state index in [0.29, 0.717) is 5.75 Å². The Morgan fingerprint density at radius 2 is 1.81 bits per heavy atom. The number of para-hydroxylation sites is 2. The summed E-state index contributed by atoms with van der Waals surface area (Å²) in [7, 11) is 0. The van der Waals surface area contributed by atoms with Crippen molar-refractivity contribution in [2.75, 3.05) is 30.0 Å². The summed E-state index contributed by atoms with van der Waals surface area (Å²) in [5, 5.41) is 3.24. The molecule has 1 heterocycles. The molecule has 0 atom stereocenters. The van der Waals surface area contributed by atoms with Crippen molar-refractivity contribution in [3.05, 3.63) is 54.1 Å². The van der Waals surface area contributed by atoms with Gasteiger partial charge in [0, 0.05) is 0 Å². The summed E-state index contributed by atoms with van der Waals surface area (Å²) in [6, 6.07) is 15.0. The van der Waals surface area contributed by atoms with Crippen LogP contribution in [0.1, 0.15) is 19.4 Å². The van der Waals surface area contributed by atoms with Crippen LogP contribution in [-0.4, -0.2) is 37.2 Å². The number of ether oxygens (including phenoxy) is 2. The van der Waals surface area contributed by atoms with Gasteiger partial charge in [0.2, 0.25) is 0 Å². The maximum Gasteiger partial charge on any atom is 0.344 e. The summed E-state index contributed by atoms with van der Waals surface area (Å²) in [4.78, 5) is 26.3. The largest absolute Gasteiger partial charge is 0.482 e. The summed E-state index contributed by atoms with van der Waals surface area (Å²) in [6.07, 6.45) is 0. The van der Waals surface area contributed by atoms with Crippen LogP contribution in [-0.2, 0) is 14.3 Å². The summed E-state index contributed by atoms with van der Waals surface area (Å²) in [5.41, 5.74) is 2.08. The number of benzene rings is 2. The molecule has 2 aromatic rings. The minimum Gasteiger partial charge on any atom is -0.482 e. The Labute approximate surface area is 159 Å². The molecule has 6 heteroatoms. The van der Waals surface area contributed by atoms with Crippen molar-refractivity contribution < 1.29 is 19.1 Å². The molecular weight excluding hydrogens is 344 g/mol. The van der Waals surface area contributed by atoms with Gasteiger partial charge in [-0.3, -0.25) is 4.79 Å². The SMILES string of the molecule is Cc1ccc(OCC(=O)OCCN2C(=O)C(C)(C)Nc3ccccc32)cc1. The third kappa shape index (κ3) is 4.39. The molecule has 1 aliphatic rings. The molecule has 2 aromatic carbocycles. The molecule has 0 bridgehead atoms. The number of carbonyl (C=O) groups is 2. The third-order valence-electron chi connectivity index (χ3n) is 4.38. The second-order valence-corrected chi connectivity index (χ2v) is 7.05. The van der Waals surface area contributed by atoms with E-state index in [-0.39, 0.29) is 25.7 Å². The molecule has 1 N–H and O–H groups in total. The van der Waals surface area contributed by atoms with Crippen molar-refractivity contribution in [3.63, 3.8) is 0 Å². The quantitative estimate of drug-likeness (QED) is 0.794. The van der Waals surface area contributed by atoms with Crippen LogP contribution in [0, 0.1) is 6.92 Å². The molecule has 0 radical (unpaired) electrons. The number of fused-ring (bicyclic) bond motifs is 1. The molecular formula is C21H24N2O4. The normalized spacial score (nSPS) is 14.9. The number of nitrogens with one attached hydrogen (secondary N) is 1. The zero-order valence-corrected chi connectivity index (χ0v) is 15.8. The van der Waals surface area contributed by atoms with E-state index in [1.54, 1.807) is 17.0 Å². The molecule has 142 valence electrons. The lowest BCUT2D eigenvalue weighted by atomic mass is 9.98. The highest BCUT2D eigenvalue weighted by Crippen LogP contribution is 2.34. The van der Waals surface area contributed by atoms with Crippen LogP contribution in [0.5, 0.6) is 5.75 Å². The Kier molecular flexibility index (Phi) is 5.35. The van der Waals surface area contributed by atoms with Crippen LogP contribution >= 0.6 is 0 Å². The lowest BCUT2D eigenvalue weighted by Crippen LogP contribution is -2.54. The first-order chi connectivity index (χ1) is 12.9. The van der Waals surface area contributed by atoms with Gasteiger partial charge in [0.1, 0.15) is 17.9 Å². The highest BCUT2D eigenvalue weighted by molar-refractivity contribution is 6.07. The number of aryl methyl sites for hydroxylation is 1. The molecule has 3 rings (SSSR count). The van der Waals surface area contributed by atoms with Crippen molar-refractivity contribution in [2.24, 2.45) is 0 Å². The van der Waals surface area contributed by atoms with Gasteiger partial charge in [-0.25, -0.2) is 4.79 Å². The molecule has 0 aliphatic carbocycles. The van der Waals surface area contributed by atoms with Crippen LogP contribution in [0.4, 0.5) is 11.4 Å². The number of amides is 1. The van der Waals surface area contributed by atoms with Gasteiger partial charge in [0.15, 0.2) is 6.61 Å². The van der Waals surface area contributed by atoms with E-state index in [1.165, 1.54) is 0 Å².